The van der Waals surface area contributed by atoms with Gasteiger partial charge >= 0.3 is 6.18 Å². The second kappa shape index (κ2) is 6.71. The molecule has 3 heterocycles. The minimum Gasteiger partial charge on any atom is -0.485 e. The smallest absolute Gasteiger partial charge is 0.418 e. The largest absolute Gasteiger partial charge is 0.485 e. The number of nitrogens with zero attached hydrogens (tertiary/aromatic N) is 2. The van der Waals surface area contributed by atoms with Crippen molar-refractivity contribution in [2.24, 2.45) is 0 Å². The number of aromatic nitrogens is 3. The van der Waals surface area contributed by atoms with Crippen LogP contribution < -0.4 is 20.1 Å². The molecule has 1 aliphatic carbocycles. The summed E-state index contributed by atoms with van der Waals surface area (Å²) in [5, 5.41) is 6.11. The highest BCUT2D eigenvalue weighted by atomic mass is 19.4. The summed E-state index contributed by atoms with van der Waals surface area (Å²) in [5.74, 6) is 1.24. The van der Waals surface area contributed by atoms with E-state index in [4.69, 9.17) is 9.47 Å². The van der Waals surface area contributed by atoms with Gasteiger partial charge in [-0.2, -0.15) is 23.1 Å². The van der Waals surface area contributed by atoms with Crippen LogP contribution in [0.2, 0.25) is 0 Å². The van der Waals surface area contributed by atoms with Crippen molar-refractivity contribution in [3.63, 3.8) is 0 Å². The summed E-state index contributed by atoms with van der Waals surface area (Å²) in [4.78, 5) is 11.2. The van der Waals surface area contributed by atoms with Crippen molar-refractivity contribution < 1.29 is 22.6 Å². The van der Waals surface area contributed by atoms with Gasteiger partial charge in [-0.15, -0.1) is 0 Å². The van der Waals surface area contributed by atoms with Crippen LogP contribution in [-0.4, -0.2) is 34.2 Å². The van der Waals surface area contributed by atoms with E-state index in [2.05, 4.69) is 31.7 Å². The van der Waals surface area contributed by atoms with E-state index < -0.39 is 11.7 Å². The number of nitrogens with one attached hydrogen (secondary N) is 3. The molecule has 1 radical (unpaired) electrons. The Kier molecular flexibility index (Phi) is 4.14. The predicted octanol–water partition coefficient (Wildman–Crippen LogP) is 4.26. The van der Waals surface area contributed by atoms with Gasteiger partial charge in [-0.25, -0.2) is 0 Å². The molecule has 2 aromatic heterocycles. The Morgan fingerprint density at radius 2 is 2.00 bits per heavy atom. The summed E-state index contributed by atoms with van der Waals surface area (Å²) in [6, 6.07) is 6.43. The molecule has 10 heteroatoms. The number of ether oxygens (including phenoxy) is 2. The molecule has 1 saturated carbocycles. The lowest BCUT2D eigenvalue weighted by Gasteiger charge is -2.27. The molecule has 0 unspecified atom stereocenters. The maximum atomic E-state index is 13.4. The third-order valence-corrected chi connectivity index (χ3v) is 5.02. The topological polar surface area (TPSA) is 84.1 Å². The minimum atomic E-state index is -4.51. The first kappa shape index (κ1) is 17.9. The fourth-order valence-corrected chi connectivity index (χ4v) is 3.38. The van der Waals surface area contributed by atoms with Crippen molar-refractivity contribution in [3.8, 4) is 11.5 Å². The first-order valence-electron chi connectivity index (χ1n) is 9.29. The third-order valence-electron chi connectivity index (χ3n) is 5.02. The predicted molar refractivity (Wildman–Crippen MR) is 99.7 cm³/mol. The van der Waals surface area contributed by atoms with Gasteiger partial charge in [-0.05, 0) is 31.4 Å². The Hall–Kier alpha value is -3.17. The second-order valence-electron chi connectivity index (χ2n) is 6.96. The maximum Gasteiger partial charge on any atom is 0.418 e. The van der Waals surface area contributed by atoms with E-state index in [1.165, 1.54) is 0 Å². The van der Waals surface area contributed by atoms with Gasteiger partial charge < -0.3 is 25.1 Å². The van der Waals surface area contributed by atoms with Crippen molar-refractivity contribution in [3.05, 3.63) is 30.0 Å². The molecule has 0 saturated heterocycles. The molecule has 1 aliphatic heterocycles. The monoisotopic (exact) mass is 404 g/mol. The molecule has 151 valence electrons. The van der Waals surface area contributed by atoms with Crippen molar-refractivity contribution in [2.45, 2.75) is 31.5 Å². The van der Waals surface area contributed by atoms with Crippen LogP contribution in [0.15, 0.2) is 18.3 Å². The lowest BCUT2D eigenvalue weighted by Crippen LogP contribution is -2.28. The molecule has 5 rings (SSSR count). The van der Waals surface area contributed by atoms with Gasteiger partial charge in [0.15, 0.2) is 11.5 Å². The summed E-state index contributed by atoms with van der Waals surface area (Å²) < 4.78 is 51.5. The number of hydrogen-bond acceptors (Lipinski definition) is 6. The summed E-state index contributed by atoms with van der Waals surface area (Å²) in [6.07, 6.45) is -0.752. The van der Waals surface area contributed by atoms with Crippen LogP contribution in [-0.2, 0) is 6.18 Å². The summed E-state index contributed by atoms with van der Waals surface area (Å²) in [7, 11) is 0. The lowest BCUT2D eigenvalue weighted by atomic mass is 9.93. The van der Waals surface area contributed by atoms with Gasteiger partial charge in [0.1, 0.15) is 24.7 Å². The van der Waals surface area contributed by atoms with Crippen LogP contribution in [0.1, 0.15) is 24.8 Å². The molecule has 0 atom stereocenters. The number of fused-ring (bicyclic) bond motifs is 2. The molecule has 3 aromatic rings. The average Bonchev–Trinajstić information content (AvgIpc) is 3.09. The molecule has 1 aromatic carbocycles. The van der Waals surface area contributed by atoms with Crippen LogP contribution in [0, 0.1) is 6.07 Å². The van der Waals surface area contributed by atoms with Crippen molar-refractivity contribution >= 4 is 28.5 Å². The number of anilines is 3. The van der Waals surface area contributed by atoms with E-state index in [1.807, 2.05) is 0 Å². The van der Waals surface area contributed by atoms with E-state index in [1.54, 1.807) is 12.1 Å². The van der Waals surface area contributed by atoms with Gasteiger partial charge in [0, 0.05) is 18.3 Å². The van der Waals surface area contributed by atoms with Gasteiger partial charge in [0.25, 0.3) is 0 Å². The zero-order chi connectivity index (χ0) is 20.0. The van der Waals surface area contributed by atoms with Crippen LogP contribution >= 0.6 is 0 Å². The Balaban J connectivity index is 1.57. The van der Waals surface area contributed by atoms with Gasteiger partial charge in [0.2, 0.25) is 5.95 Å². The lowest BCUT2D eigenvalue weighted by molar-refractivity contribution is -0.136. The van der Waals surface area contributed by atoms with Gasteiger partial charge in [0.05, 0.1) is 16.6 Å². The summed E-state index contributed by atoms with van der Waals surface area (Å²) in [5.41, 5.74) is -0.135. The Bertz CT molecular complexity index is 1060. The highest BCUT2D eigenvalue weighted by Gasteiger charge is 2.36. The van der Waals surface area contributed by atoms with Crippen LogP contribution in [0.25, 0.3) is 11.0 Å². The summed E-state index contributed by atoms with van der Waals surface area (Å²) in [6.45, 7) is 0.813. The molecule has 0 amide bonds. The number of rotatable bonds is 4. The number of alkyl halides is 3. The second-order valence-corrected chi connectivity index (χ2v) is 6.96. The third kappa shape index (κ3) is 3.28. The normalized spacial score (nSPS) is 16.5. The van der Waals surface area contributed by atoms with Crippen molar-refractivity contribution in [2.75, 3.05) is 23.8 Å². The standard InChI is InChI=1S/C19H17F3N5O2/c20-19(21,22)11-9-23-16-14(11)17(24-10-3-1-4-10)27-18(26-16)25-12-5-2-6-13-15(12)29-8-7-28-13/h2,5,9-10H,1,3-4,7-8H2,(H3,23,24,25,26,27). The van der Waals surface area contributed by atoms with E-state index >= 15 is 0 Å². The molecular weight excluding hydrogens is 387 g/mol. The number of benzene rings is 1. The van der Waals surface area contributed by atoms with E-state index in [9.17, 15) is 13.2 Å². The van der Waals surface area contributed by atoms with Gasteiger partial charge in [-0.1, -0.05) is 0 Å². The zero-order valence-corrected chi connectivity index (χ0v) is 15.2. The van der Waals surface area contributed by atoms with Gasteiger partial charge in [-0.3, -0.25) is 0 Å². The molecule has 3 N–H and O–H groups in total. The molecule has 1 fully saturated rings. The minimum absolute atomic E-state index is 0.0574. The maximum absolute atomic E-state index is 13.4. The molecule has 2 aliphatic rings. The molecule has 29 heavy (non-hydrogen) atoms. The fraction of sp³-hybridized carbons (Fsp3) is 0.368. The fourth-order valence-electron chi connectivity index (χ4n) is 3.38. The first-order valence-corrected chi connectivity index (χ1v) is 9.29. The summed E-state index contributed by atoms with van der Waals surface area (Å²) >= 11 is 0. The zero-order valence-electron chi connectivity index (χ0n) is 15.2. The Morgan fingerprint density at radius 1 is 1.17 bits per heavy atom. The number of aromatic amines is 1. The highest BCUT2D eigenvalue weighted by Crippen LogP contribution is 2.40. The quantitative estimate of drug-likeness (QED) is 0.603. The van der Waals surface area contributed by atoms with E-state index in [0.717, 1.165) is 25.5 Å². The van der Waals surface area contributed by atoms with Crippen LogP contribution in [0.3, 0.4) is 0 Å². The van der Waals surface area contributed by atoms with E-state index in [-0.39, 0.29) is 28.8 Å². The number of halogens is 3. The first-order chi connectivity index (χ1) is 14.0. The highest BCUT2D eigenvalue weighted by molar-refractivity contribution is 5.92. The SMILES string of the molecule is FC(F)(F)c1c[nH]c2nc(Nc3cc[c]c4c3OCCO4)nc(NC3CCC3)c12. The molecule has 7 nitrogen and oxygen atoms in total. The van der Waals surface area contributed by atoms with Crippen LogP contribution in [0.5, 0.6) is 11.5 Å². The van der Waals surface area contributed by atoms with Crippen molar-refractivity contribution in [1.29, 1.82) is 0 Å². The Labute approximate surface area is 163 Å². The number of hydrogen-bond donors (Lipinski definition) is 3. The van der Waals surface area contributed by atoms with Crippen molar-refractivity contribution in [1.82, 2.24) is 15.0 Å². The average molecular weight is 404 g/mol. The Morgan fingerprint density at radius 3 is 2.76 bits per heavy atom. The van der Waals surface area contributed by atoms with Crippen LogP contribution in [0.4, 0.5) is 30.6 Å². The molecule has 0 spiro atoms. The molecule has 0 bridgehead atoms. The molecular formula is C19H17F3N5O2. The van der Waals surface area contributed by atoms with E-state index in [0.29, 0.717) is 30.4 Å². The number of H-pyrrole nitrogens is 1.